The van der Waals surface area contributed by atoms with Gasteiger partial charge in [0.05, 0.1) is 7.11 Å². The minimum atomic E-state index is -1.19. The third-order valence-corrected chi connectivity index (χ3v) is 10.8. The van der Waals surface area contributed by atoms with Gasteiger partial charge < -0.3 is 31.2 Å². The molecule has 0 spiro atoms. The van der Waals surface area contributed by atoms with Crippen molar-refractivity contribution in [2.75, 3.05) is 24.9 Å². The number of primary amides is 1. The topological polar surface area (TPSA) is 166 Å². The summed E-state index contributed by atoms with van der Waals surface area (Å²) in [6, 6.07) is 5.85. The van der Waals surface area contributed by atoms with Gasteiger partial charge in [0.15, 0.2) is 0 Å². The molecular weight excluding hydrogens is 609 g/mol. The second-order valence-electron chi connectivity index (χ2n) is 9.74. The number of hydrogen-bond donors (Lipinski definition) is 4. The summed E-state index contributed by atoms with van der Waals surface area (Å²) >= 11 is 1.48. The molecule has 1 aromatic carbocycles. The molecule has 15 heteroatoms. The molecule has 0 aliphatic rings. The first kappa shape index (κ1) is 36.8. The van der Waals surface area contributed by atoms with E-state index in [1.165, 1.54) is 39.5 Å². The highest BCUT2D eigenvalue weighted by molar-refractivity contribution is 9.09. The molecule has 0 bridgehead atoms. The van der Waals surface area contributed by atoms with Crippen LogP contribution in [0.3, 0.4) is 0 Å². The number of amides is 4. The van der Waals surface area contributed by atoms with Gasteiger partial charge in [0, 0.05) is 16.9 Å². The Labute approximate surface area is 257 Å². The molecule has 0 radical (unpaired) electrons. The first-order chi connectivity index (χ1) is 19.4. The Morgan fingerprint density at radius 2 is 1.54 bits per heavy atom. The van der Waals surface area contributed by atoms with Gasteiger partial charge in [-0.3, -0.25) is 14.4 Å². The molecule has 1 rings (SSSR count). The fraction of sp³-hybridized carbons (Fsp3) is 0.577. The van der Waals surface area contributed by atoms with Crippen LogP contribution in [0.4, 0.5) is 4.79 Å². The van der Waals surface area contributed by atoms with E-state index in [1.807, 2.05) is 12.3 Å². The Balaban J connectivity index is 2.91. The van der Waals surface area contributed by atoms with Gasteiger partial charge in [-0.15, -0.1) is 0 Å². The summed E-state index contributed by atoms with van der Waals surface area (Å²) in [5.41, 5.74) is 6.01. The normalized spacial score (nSPS) is 13.3. The number of esters is 1. The summed E-state index contributed by atoms with van der Waals surface area (Å²) in [6.45, 7) is 6.18. The van der Waals surface area contributed by atoms with E-state index in [0.717, 1.165) is 5.56 Å². The zero-order valence-electron chi connectivity index (χ0n) is 23.9. The van der Waals surface area contributed by atoms with Crippen molar-refractivity contribution in [1.82, 2.24) is 16.0 Å². The van der Waals surface area contributed by atoms with Gasteiger partial charge in [0.25, 0.3) is 0 Å². The standard InChI is InChI=1S/C26H40N4O7S4/c1-26(2,3)40-41-39-16-20(24(34)36-4)29-23(33)19(13-14-38-5)28-22(32)18(11-12-21(27)31)30-25(35)37-15-17-9-7-6-8-10-17/h6-10,18-20H,11-16H2,1-5H3,(H2,27,31)(H,28,32)(H,29,33)(H,30,35)/t18-,19-,20-/m0/s1. The lowest BCUT2D eigenvalue weighted by Crippen LogP contribution is -2.56. The zero-order valence-corrected chi connectivity index (χ0v) is 27.2. The van der Waals surface area contributed by atoms with E-state index in [9.17, 15) is 24.0 Å². The fourth-order valence-corrected chi connectivity index (χ4v) is 8.28. The van der Waals surface area contributed by atoms with Crippen LogP contribution in [0.15, 0.2) is 30.3 Å². The Kier molecular flexibility index (Phi) is 17.8. The molecule has 4 amide bonds. The van der Waals surface area contributed by atoms with Crippen LogP contribution in [0.5, 0.6) is 0 Å². The van der Waals surface area contributed by atoms with E-state index in [4.69, 9.17) is 15.2 Å². The summed E-state index contributed by atoms with van der Waals surface area (Å²) < 4.78 is 10.1. The number of carbonyl (C=O) groups is 5. The summed E-state index contributed by atoms with van der Waals surface area (Å²) in [5, 5.41) is 7.79. The van der Waals surface area contributed by atoms with Crippen molar-refractivity contribution in [2.45, 2.75) is 69.5 Å². The molecule has 0 saturated heterocycles. The highest BCUT2D eigenvalue weighted by Crippen LogP contribution is 2.43. The minimum absolute atomic E-state index is 0.0158. The Hall–Kier alpha value is -2.23. The van der Waals surface area contributed by atoms with Crippen LogP contribution < -0.4 is 21.7 Å². The lowest BCUT2D eigenvalue weighted by Gasteiger charge is -2.24. The van der Waals surface area contributed by atoms with Gasteiger partial charge in [-0.1, -0.05) is 72.7 Å². The quantitative estimate of drug-likeness (QED) is 0.105. The Morgan fingerprint density at radius 1 is 0.927 bits per heavy atom. The average molecular weight is 649 g/mol. The zero-order chi connectivity index (χ0) is 30.8. The van der Waals surface area contributed by atoms with Crippen LogP contribution in [0.2, 0.25) is 0 Å². The van der Waals surface area contributed by atoms with Crippen LogP contribution in [0, 0.1) is 0 Å². The largest absolute Gasteiger partial charge is 0.467 e. The maximum Gasteiger partial charge on any atom is 0.408 e. The highest BCUT2D eigenvalue weighted by atomic mass is 33.5. The highest BCUT2D eigenvalue weighted by Gasteiger charge is 2.30. The van der Waals surface area contributed by atoms with Crippen molar-refractivity contribution in [3.8, 4) is 0 Å². The van der Waals surface area contributed by atoms with Gasteiger partial charge >= 0.3 is 12.1 Å². The minimum Gasteiger partial charge on any atom is -0.467 e. The van der Waals surface area contributed by atoms with Crippen molar-refractivity contribution < 1.29 is 33.4 Å². The second-order valence-corrected chi connectivity index (χ2v) is 15.7. The average Bonchev–Trinajstić information content (AvgIpc) is 2.92. The molecule has 0 aliphatic heterocycles. The van der Waals surface area contributed by atoms with Gasteiger partial charge in [-0.05, 0) is 40.2 Å². The molecule has 0 aliphatic carbocycles. The van der Waals surface area contributed by atoms with E-state index in [2.05, 4.69) is 36.7 Å². The van der Waals surface area contributed by atoms with Gasteiger partial charge in [-0.2, -0.15) is 11.8 Å². The maximum absolute atomic E-state index is 13.2. The van der Waals surface area contributed by atoms with Crippen molar-refractivity contribution >= 4 is 73.0 Å². The molecule has 0 fully saturated rings. The smallest absolute Gasteiger partial charge is 0.408 e. The fourth-order valence-electron chi connectivity index (χ4n) is 3.04. The monoisotopic (exact) mass is 648 g/mol. The molecule has 41 heavy (non-hydrogen) atoms. The van der Waals surface area contributed by atoms with Crippen molar-refractivity contribution in [3.63, 3.8) is 0 Å². The van der Waals surface area contributed by atoms with Crippen molar-refractivity contribution in [2.24, 2.45) is 5.73 Å². The predicted molar refractivity (Wildman–Crippen MR) is 168 cm³/mol. The SMILES string of the molecule is COC(=O)[C@H](CSSSC(C)(C)C)NC(=O)[C@H](CCSC)NC(=O)[C@H](CCC(N)=O)NC(=O)OCc1ccccc1. The van der Waals surface area contributed by atoms with Crippen LogP contribution in [-0.4, -0.2) is 77.5 Å². The van der Waals surface area contributed by atoms with Crippen LogP contribution in [-0.2, 0) is 35.3 Å². The number of thioether (sulfide) groups is 1. The van der Waals surface area contributed by atoms with E-state index < -0.39 is 47.9 Å². The molecule has 11 nitrogen and oxygen atoms in total. The third-order valence-electron chi connectivity index (χ3n) is 5.11. The summed E-state index contributed by atoms with van der Waals surface area (Å²) in [7, 11) is 5.79. The number of ether oxygens (including phenoxy) is 2. The molecule has 5 N–H and O–H groups in total. The molecule has 0 heterocycles. The first-order valence-electron chi connectivity index (χ1n) is 12.8. The lowest BCUT2D eigenvalue weighted by molar-refractivity contribution is -0.144. The summed E-state index contributed by atoms with van der Waals surface area (Å²) in [6.07, 6.45) is 0.981. The Morgan fingerprint density at radius 3 is 2.10 bits per heavy atom. The number of benzene rings is 1. The summed E-state index contributed by atoms with van der Waals surface area (Å²) in [4.78, 5) is 62.6. The van der Waals surface area contributed by atoms with Crippen LogP contribution in [0.1, 0.15) is 45.6 Å². The van der Waals surface area contributed by atoms with Gasteiger partial charge in [0.2, 0.25) is 17.7 Å². The van der Waals surface area contributed by atoms with E-state index in [-0.39, 0.29) is 36.4 Å². The van der Waals surface area contributed by atoms with Crippen molar-refractivity contribution in [1.29, 1.82) is 0 Å². The number of carbonyl (C=O) groups excluding carboxylic acids is 5. The van der Waals surface area contributed by atoms with Gasteiger partial charge in [0.1, 0.15) is 24.7 Å². The molecule has 0 unspecified atom stereocenters. The molecule has 0 aromatic heterocycles. The molecular formula is C26H40N4O7S4. The number of methoxy groups -OCH3 is 1. The second kappa shape index (κ2) is 19.8. The van der Waals surface area contributed by atoms with Crippen LogP contribution >= 0.6 is 43.2 Å². The number of hydrogen-bond acceptors (Lipinski definition) is 11. The number of rotatable bonds is 18. The third kappa shape index (κ3) is 16.7. The van der Waals surface area contributed by atoms with Crippen LogP contribution in [0.25, 0.3) is 0 Å². The number of alkyl carbamates (subject to hydrolysis) is 1. The van der Waals surface area contributed by atoms with E-state index in [0.29, 0.717) is 5.75 Å². The molecule has 3 atom stereocenters. The predicted octanol–water partition coefficient (Wildman–Crippen LogP) is 3.27. The summed E-state index contributed by atoms with van der Waals surface area (Å²) in [5.74, 6) is -1.73. The van der Waals surface area contributed by atoms with E-state index >= 15 is 0 Å². The van der Waals surface area contributed by atoms with Crippen molar-refractivity contribution in [3.05, 3.63) is 35.9 Å². The van der Waals surface area contributed by atoms with E-state index in [1.54, 1.807) is 35.1 Å². The first-order valence-corrected chi connectivity index (χ1v) is 17.8. The maximum atomic E-state index is 13.2. The number of nitrogens with one attached hydrogen (secondary N) is 3. The van der Waals surface area contributed by atoms with Gasteiger partial charge in [-0.25, -0.2) is 9.59 Å². The Bertz CT molecular complexity index is 996. The number of nitrogens with two attached hydrogens (primary N) is 1. The lowest BCUT2D eigenvalue weighted by atomic mass is 10.1. The molecule has 1 aromatic rings. The molecule has 0 saturated carbocycles. The molecule has 230 valence electrons.